The van der Waals surface area contributed by atoms with Crippen LogP contribution in [0.3, 0.4) is 0 Å². The smallest absolute Gasteiger partial charge is 0.261 e. The van der Waals surface area contributed by atoms with Crippen LogP contribution in [0.1, 0.15) is 11.1 Å². The average Bonchev–Trinajstić information content (AvgIpc) is 3.24. The Labute approximate surface area is 150 Å². The van der Waals surface area contributed by atoms with Gasteiger partial charge in [0.15, 0.2) is 0 Å². The zero-order valence-electron chi connectivity index (χ0n) is 13.9. The van der Waals surface area contributed by atoms with Crippen LogP contribution in [0.15, 0.2) is 59.8 Å². The number of carbonyl (C=O) groups is 1. The largest absolute Gasteiger partial charge is 0.326 e. The fraction of sp³-hybridized carbons (Fsp3) is 0.111. The number of aryl methyl sites for hydroxylation is 1. The van der Waals surface area contributed by atoms with E-state index in [0.717, 1.165) is 11.3 Å². The lowest BCUT2D eigenvalue weighted by Gasteiger charge is -2.13. The van der Waals surface area contributed by atoms with E-state index in [1.54, 1.807) is 35.3 Å². The Morgan fingerprint density at radius 3 is 2.81 bits per heavy atom. The van der Waals surface area contributed by atoms with Gasteiger partial charge >= 0.3 is 0 Å². The minimum Gasteiger partial charge on any atom is -0.326 e. The van der Waals surface area contributed by atoms with Crippen LogP contribution in [0.2, 0.25) is 0 Å². The molecule has 1 aromatic heterocycles. The maximum Gasteiger partial charge on any atom is 0.261 e. The van der Waals surface area contributed by atoms with E-state index in [0.29, 0.717) is 16.9 Å². The number of hydrogen-bond acceptors (Lipinski definition) is 4. The molecule has 2 heterocycles. The Hall–Kier alpha value is -3.13. The van der Waals surface area contributed by atoms with Crippen LogP contribution >= 0.6 is 0 Å². The standard InChI is InChI=1S/C18H16N4O3S/c1-12-3-4-14(22-8-2-7-19-22)11-17(12)21-26(24,25)15-5-6-16-13(9-15)10-18(23)20-16/h2-9,11,21H,10H2,1H3,(H,20,23). The highest BCUT2D eigenvalue weighted by Gasteiger charge is 2.22. The van der Waals surface area contributed by atoms with Gasteiger partial charge in [-0.15, -0.1) is 0 Å². The van der Waals surface area contributed by atoms with Gasteiger partial charge in [0.2, 0.25) is 5.91 Å². The molecule has 2 N–H and O–H groups in total. The molecule has 4 rings (SSSR count). The number of carbonyl (C=O) groups excluding carboxylic acids is 1. The molecule has 1 aliphatic rings. The van der Waals surface area contributed by atoms with Crippen LogP contribution in [0.25, 0.3) is 5.69 Å². The lowest BCUT2D eigenvalue weighted by Crippen LogP contribution is -2.14. The third-order valence-electron chi connectivity index (χ3n) is 4.25. The summed E-state index contributed by atoms with van der Waals surface area (Å²) in [6.07, 6.45) is 3.63. The highest BCUT2D eigenvalue weighted by atomic mass is 32.2. The second-order valence-electron chi connectivity index (χ2n) is 6.10. The summed E-state index contributed by atoms with van der Waals surface area (Å²) in [5.74, 6) is -0.134. The van der Waals surface area contributed by atoms with Crippen LogP contribution in [0.4, 0.5) is 11.4 Å². The van der Waals surface area contributed by atoms with Gasteiger partial charge in [0.25, 0.3) is 10.0 Å². The third-order valence-corrected chi connectivity index (χ3v) is 5.61. The van der Waals surface area contributed by atoms with E-state index < -0.39 is 10.0 Å². The van der Waals surface area contributed by atoms with Gasteiger partial charge in [0.1, 0.15) is 0 Å². The van der Waals surface area contributed by atoms with Gasteiger partial charge in [0, 0.05) is 18.1 Å². The molecule has 0 aliphatic carbocycles. The highest BCUT2D eigenvalue weighted by Crippen LogP contribution is 2.28. The lowest BCUT2D eigenvalue weighted by molar-refractivity contribution is -0.115. The minimum absolute atomic E-state index is 0.122. The van der Waals surface area contributed by atoms with Crippen LogP contribution in [0, 0.1) is 6.92 Å². The Morgan fingerprint density at radius 1 is 1.19 bits per heavy atom. The molecular formula is C18H16N4O3S. The summed E-state index contributed by atoms with van der Waals surface area (Å²) in [5, 5.41) is 6.85. The van der Waals surface area contributed by atoms with E-state index in [4.69, 9.17) is 0 Å². The Kier molecular flexibility index (Phi) is 3.77. The first kappa shape index (κ1) is 16.3. The minimum atomic E-state index is -3.78. The summed E-state index contributed by atoms with van der Waals surface area (Å²) in [4.78, 5) is 11.6. The lowest BCUT2D eigenvalue weighted by atomic mass is 10.2. The van der Waals surface area contributed by atoms with Crippen molar-refractivity contribution in [3.8, 4) is 5.69 Å². The fourth-order valence-corrected chi connectivity index (χ4v) is 4.03. The monoisotopic (exact) mass is 368 g/mol. The van der Waals surface area contributed by atoms with E-state index in [2.05, 4.69) is 15.1 Å². The molecule has 0 fully saturated rings. The van der Waals surface area contributed by atoms with Crippen molar-refractivity contribution in [2.24, 2.45) is 0 Å². The van der Waals surface area contributed by atoms with E-state index in [1.807, 2.05) is 19.1 Å². The fourth-order valence-electron chi connectivity index (χ4n) is 2.86. The van der Waals surface area contributed by atoms with Gasteiger partial charge in [0.05, 0.1) is 22.7 Å². The Balaban J connectivity index is 1.67. The van der Waals surface area contributed by atoms with E-state index >= 15 is 0 Å². The molecule has 0 atom stereocenters. The van der Waals surface area contributed by atoms with Crippen LogP contribution in [0.5, 0.6) is 0 Å². The van der Waals surface area contributed by atoms with Gasteiger partial charge in [-0.2, -0.15) is 5.10 Å². The Morgan fingerprint density at radius 2 is 2.04 bits per heavy atom. The van der Waals surface area contributed by atoms with Crippen molar-refractivity contribution in [3.05, 3.63) is 66.0 Å². The van der Waals surface area contributed by atoms with Crippen molar-refractivity contribution < 1.29 is 13.2 Å². The van der Waals surface area contributed by atoms with Crippen LogP contribution in [-0.4, -0.2) is 24.1 Å². The maximum atomic E-state index is 12.8. The quantitative estimate of drug-likeness (QED) is 0.740. The highest BCUT2D eigenvalue weighted by molar-refractivity contribution is 7.92. The second-order valence-corrected chi connectivity index (χ2v) is 7.78. The van der Waals surface area contributed by atoms with Crippen molar-refractivity contribution in [3.63, 3.8) is 0 Å². The molecule has 1 amide bonds. The molecule has 7 nitrogen and oxygen atoms in total. The Bertz CT molecular complexity index is 1110. The number of amides is 1. The number of nitrogens with zero attached hydrogens (tertiary/aromatic N) is 2. The van der Waals surface area contributed by atoms with Gasteiger partial charge in [-0.05, 0) is 54.4 Å². The summed E-state index contributed by atoms with van der Waals surface area (Å²) in [6, 6.07) is 11.9. The number of sulfonamides is 1. The van der Waals surface area contributed by atoms with Crippen LogP contribution < -0.4 is 10.0 Å². The summed E-state index contributed by atoms with van der Waals surface area (Å²) < 4.78 is 29.9. The van der Waals surface area contributed by atoms with Crippen molar-refractivity contribution in [1.29, 1.82) is 0 Å². The molecule has 26 heavy (non-hydrogen) atoms. The molecule has 8 heteroatoms. The number of hydrogen-bond donors (Lipinski definition) is 2. The number of anilines is 2. The average molecular weight is 368 g/mol. The molecule has 0 radical (unpaired) electrons. The third kappa shape index (κ3) is 2.95. The van der Waals surface area contributed by atoms with Gasteiger partial charge in [-0.3, -0.25) is 9.52 Å². The predicted octanol–water partition coefficient (Wildman–Crippen LogP) is 2.48. The zero-order valence-corrected chi connectivity index (χ0v) is 14.7. The molecule has 0 saturated heterocycles. The summed E-state index contributed by atoms with van der Waals surface area (Å²) in [7, 11) is -3.78. The number of aromatic nitrogens is 2. The first-order chi connectivity index (χ1) is 12.4. The zero-order chi connectivity index (χ0) is 18.3. The second kappa shape index (κ2) is 5.99. The van der Waals surface area contributed by atoms with E-state index in [1.165, 1.54) is 12.1 Å². The molecule has 0 spiro atoms. The topological polar surface area (TPSA) is 93.1 Å². The molecule has 3 aromatic rings. The van der Waals surface area contributed by atoms with Crippen molar-refractivity contribution in [2.75, 3.05) is 10.0 Å². The predicted molar refractivity (Wildman–Crippen MR) is 97.9 cm³/mol. The van der Waals surface area contributed by atoms with E-state index in [-0.39, 0.29) is 17.2 Å². The number of fused-ring (bicyclic) bond motifs is 1. The number of nitrogens with one attached hydrogen (secondary N) is 2. The molecule has 0 unspecified atom stereocenters. The van der Waals surface area contributed by atoms with Gasteiger partial charge in [-0.25, -0.2) is 13.1 Å². The van der Waals surface area contributed by atoms with E-state index in [9.17, 15) is 13.2 Å². The SMILES string of the molecule is Cc1ccc(-n2cccn2)cc1NS(=O)(=O)c1ccc2c(c1)CC(=O)N2. The van der Waals surface area contributed by atoms with Crippen molar-refractivity contribution in [2.45, 2.75) is 18.2 Å². The van der Waals surface area contributed by atoms with Gasteiger partial charge in [-0.1, -0.05) is 6.07 Å². The van der Waals surface area contributed by atoms with Gasteiger partial charge < -0.3 is 5.32 Å². The normalized spacial score (nSPS) is 13.3. The molecule has 0 saturated carbocycles. The molecule has 1 aliphatic heterocycles. The van der Waals surface area contributed by atoms with Crippen molar-refractivity contribution in [1.82, 2.24) is 9.78 Å². The maximum absolute atomic E-state index is 12.8. The summed E-state index contributed by atoms with van der Waals surface area (Å²) in [5.41, 5.74) is 3.36. The number of benzene rings is 2. The van der Waals surface area contributed by atoms with Crippen LogP contribution in [-0.2, 0) is 21.2 Å². The first-order valence-corrected chi connectivity index (χ1v) is 9.47. The molecule has 132 valence electrons. The molecule has 2 aromatic carbocycles. The summed E-state index contributed by atoms with van der Waals surface area (Å²) in [6.45, 7) is 1.83. The summed E-state index contributed by atoms with van der Waals surface area (Å²) >= 11 is 0. The molecule has 0 bridgehead atoms. The number of rotatable bonds is 4. The molecular weight excluding hydrogens is 352 g/mol. The first-order valence-electron chi connectivity index (χ1n) is 7.99. The van der Waals surface area contributed by atoms with Crippen molar-refractivity contribution >= 4 is 27.3 Å².